The number of alkyl halides is 3. The van der Waals surface area contributed by atoms with Crippen molar-refractivity contribution in [3.05, 3.63) is 52.4 Å². The highest BCUT2D eigenvalue weighted by atomic mass is 35.5. The van der Waals surface area contributed by atoms with E-state index in [0.717, 1.165) is 12.1 Å². The lowest BCUT2D eigenvalue weighted by atomic mass is 10.1. The Morgan fingerprint density at radius 3 is 2.43 bits per heavy atom. The Labute approximate surface area is 120 Å². The van der Waals surface area contributed by atoms with Gasteiger partial charge in [0.05, 0.1) is 11.1 Å². The molecule has 1 aromatic carbocycles. The van der Waals surface area contributed by atoms with Gasteiger partial charge in [0.2, 0.25) is 0 Å². The maximum absolute atomic E-state index is 13.7. The molecule has 21 heavy (non-hydrogen) atoms. The van der Waals surface area contributed by atoms with E-state index < -0.39 is 29.0 Å². The Morgan fingerprint density at radius 2 is 1.86 bits per heavy atom. The normalized spacial score (nSPS) is 11.3. The smallest absolute Gasteiger partial charge is 0.305 e. The minimum atomic E-state index is -4.89. The first-order valence-corrected chi connectivity index (χ1v) is 5.83. The maximum Gasteiger partial charge on any atom is 0.419 e. The van der Waals surface area contributed by atoms with Crippen molar-refractivity contribution in [1.29, 1.82) is 0 Å². The summed E-state index contributed by atoms with van der Waals surface area (Å²) in [6.07, 6.45) is -4.89. The molecular weight excluding hydrogens is 314 g/mol. The topological polar surface area (TPSA) is 54.9 Å². The fourth-order valence-corrected chi connectivity index (χ4v) is 1.59. The predicted octanol–water partition coefficient (Wildman–Crippen LogP) is 3.54. The summed E-state index contributed by atoms with van der Waals surface area (Å²) in [6, 6.07) is 5.01. The number of hydrogen-bond acceptors (Lipinski definition) is 3. The number of amides is 1. The van der Waals surface area contributed by atoms with Crippen LogP contribution in [0.15, 0.2) is 30.3 Å². The summed E-state index contributed by atoms with van der Waals surface area (Å²) in [5.41, 5.74) is -2.26. The third kappa shape index (κ3) is 3.46. The molecule has 4 nitrogen and oxygen atoms in total. The second kappa shape index (κ2) is 5.65. The third-order valence-corrected chi connectivity index (χ3v) is 2.62. The fourth-order valence-electron chi connectivity index (χ4n) is 1.49. The van der Waals surface area contributed by atoms with E-state index >= 15 is 0 Å². The Balaban J connectivity index is 2.30. The van der Waals surface area contributed by atoms with Crippen molar-refractivity contribution in [2.75, 3.05) is 5.32 Å². The van der Waals surface area contributed by atoms with Gasteiger partial charge >= 0.3 is 6.18 Å². The summed E-state index contributed by atoms with van der Waals surface area (Å²) in [5.74, 6) is -2.79. The van der Waals surface area contributed by atoms with Crippen LogP contribution in [0.5, 0.6) is 0 Å². The molecule has 1 heterocycles. The molecule has 0 atom stereocenters. The van der Waals surface area contributed by atoms with E-state index in [4.69, 9.17) is 11.6 Å². The van der Waals surface area contributed by atoms with Gasteiger partial charge in [0.15, 0.2) is 11.0 Å². The highest BCUT2D eigenvalue weighted by molar-refractivity contribution is 6.29. The summed E-state index contributed by atoms with van der Waals surface area (Å²) in [6.45, 7) is 0. The maximum atomic E-state index is 13.7. The van der Waals surface area contributed by atoms with Gasteiger partial charge in [-0.05, 0) is 24.3 Å². The lowest BCUT2D eigenvalue weighted by molar-refractivity contribution is -0.140. The number of aromatic nitrogens is 2. The molecule has 110 valence electrons. The molecule has 0 unspecified atom stereocenters. The second-order valence-electron chi connectivity index (χ2n) is 3.86. The van der Waals surface area contributed by atoms with Gasteiger partial charge < -0.3 is 5.32 Å². The van der Waals surface area contributed by atoms with Gasteiger partial charge in [-0.2, -0.15) is 13.2 Å². The molecule has 0 aliphatic heterocycles. The minimum Gasteiger partial charge on any atom is -0.305 e. The first-order chi connectivity index (χ1) is 9.79. The number of carbonyl (C=O) groups is 1. The van der Waals surface area contributed by atoms with Gasteiger partial charge in [-0.25, -0.2) is 4.39 Å². The SMILES string of the molecule is O=C(Nc1ccc(Cl)nn1)c1cccc(C(F)(F)F)c1F. The van der Waals surface area contributed by atoms with Crippen molar-refractivity contribution in [2.45, 2.75) is 6.18 Å². The van der Waals surface area contributed by atoms with Crippen LogP contribution in [0, 0.1) is 5.82 Å². The van der Waals surface area contributed by atoms with Gasteiger partial charge in [0.25, 0.3) is 5.91 Å². The van der Waals surface area contributed by atoms with Crippen LogP contribution in [0.1, 0.15) is 15.9 Å². The number of anilines is 1. The van der Waals surface area contributed by atoms with E-state index in [9.17, 15) is 22.4 Å². The zero-order valence-corrected chi connectivity index (χ0v) is 10.8. The van der Waals surface area contributed by atoms with Crippen molar-refractivity contribution < 1.29 is 22.4 Å². The molecule has 2 aromatic rings. The van der Waals surface area contributed by atoms with Crippen molar-refractivity contribution in [2.24, 2.45) is 0 Å². The monoisotopic (exact) mass is 319 g/mol. The Bertz CT molecular complexity index is 673. The molecule has 0 fully saturated rings. The minimum absolute atomic E-state index is 0.0678. The van der Waals surface area contributed by atoms with E-state index in [1.807, 2.05) is 0 Å². The molecule has 0 aliphatic rings. The third-order valence-electron chi connectivity index (χ3n) is 2.42. The highest BCUT2D eigenvalue weighted by Gasteiger charge is 2.35. The number of benzene rings is 1. The Morgan fingerprint density at radius 1 is 1.14 bits per heavy atom. The molecule has 0 bridgehead atoms. The highest BCUT2D eigenvalue weighted by Crippen LogP contribution is 2.32. The average Bonchev–Trinajstić information content (AvgIpc) is 2.40. The van der Waals surface area contributed by atoms with Gasteiger partial charge in [-0.1, -0.05) is 17.7 Å². The molecule has 1 amide bonds. The molecular formula is C12H6ClF4N3O. The second-order valence-corrected chi connectivity index (χ2v) is 4.25. The molecule has 0 saturated carbocycles. The largest absolute Gasteiger partial charge is 0.419 e. The van der Waals surface area contributed by atoms with Gasteiger partial charge in [0, 0.05) is 0 Å². The van der Waals surface area contributed by atoms with Crippen LogP contribution in [0.4, 0.5) is 23.4 Å². The van der Waals surface area contributed by atoms with Crippen molar-refractivity contribution in [3.63, 3.8) is 0 Å². The van der Waals surface area contributed by atoms with Crippen LogP contribution >= 0.6 is 11.6 Å². The summed E-state index contributed by atoms with van der Waals surface area (Å²) in [7, 11) is 0. The number of rotatable bonds is 2. The number of halogens is 5. The van der Waals surface area contributed by atoms with Crippen molar-refractivity contribution in [1.82, 2.24) is 10.2 Å². The van der Waals surface area contributed by atoms with Crippen LogP contribution in [-0.2, 0) is 6.18 Å². The van der Waals surface area contributed by atoms with Crippen molar-refractivity contribution in [3.8, 4) is 0 Å². The summed E-state index contributed by atoms with van der Waals surface area (Å²) >= 11 is 5.49. The number of nitrogens with one attached hydrogen (secondary N) is 1. The van der Waals surface area contributed by atoms with Gasteiger partial charge in [-0.15, -0.1) is 10.2 Å². The summed E-state index contributed by atoms with van der Waals surface area (Å²) in [4.78, 5) is 11.8. The van der Waals surface area contributed by atoms with E-state index in [2.05, 4.69) is 15.5 Å². The van der Waals surface area contributed by atoms with E-state index in [1.165, 1.54) is 12.1 Å². The molecule has 0 spiro atoms. The van der Waals surface area contributed by atoms with Crippen LogP contribution < -0.4 is 5.32 Å². The molecule has 0 aliphatic carbocycles. The van der Waals surface area contributed by atoms with Crippen LogP contribution in [-0.4, -0.2) is 16.1 Å². The number of hydrogen-bond donors (Lipinski definition) is 1. The van der Waals surface area contributed by atoms with E-state index in [1.54, 1.807) is 0 Å². The molecule has 1 aromatic heterocycles. The van der Waals surface area contributed by atoms with E-state index in [-0.39, 0.29) is 11.0 Å². The molecule has 1 N–H and O–H groups in total. The molecule has 0 radical (unpaired) electrons. The summed E-state index contributed by atoms with van der Waals surface area (Å²) < 4.78 is 51.4. The first-order valence-electron chi connectivity index (χ1n) is 5.45. The van der Waals surface area contributed by atoms with Crippen LogP contribution in [0.25, 0.3) is 0 Å². The summed E-state index contributed by atoms with van der Waals surface area (Å²) in [5, 5.41) is 9.11. The van der Waals surface area contributed by atoms with Gasteiger partial charge in [-0.3, -0.25) is 4.79 Å². The van der Waals surface area contributed by atoms with Gasteiger partial charge in [0.1, 0.15) is 5.82 Å². The molecule has 0 saturated heterocycles. The fraction of sp³-hybridized carbons (Fsp3) is 0.0833. The number of carbonyl (C=O) groups excluding carboxylic acids is 1. The van der Waals surface area contributed by atoms with Crippen molar-refractivity contribution >= 4 is 23.3 Å². The van der Waals surface area contributed by atoms with E-state index in [0.29, 0.717) is 6.07 Å². The predicted molar refractivity (Wildman–Crippen MR) is 66.4 cm³/mol. The number of nitrogens with zero attached hydrogens (tertiary/aromatic N) is 2. The lowest BCUT2D eigenvalue weighted by Crippen LogP contribution is -2.18. The average molecular weight is 320 g/mol. The quantitative estimate of drug-likeness (QED) is 0.861. The standard InChI is InChI=1S/C12H6ClF4N3O/c13-8-4-5-9(20-19-8)18-11(21)6-2-1-3-7(10(6)14)12(15,16)17/h1-5H,(H,18,20,21). The Kier molecular flexibility index (Phi) is 4.08. The zero-order valence-electron chi connectivity index (χ0n) is 10.1. The molecule has 2 rings (SSSR count). The molecule has 9 heteroatoms. The van der Waals surface area contributed by atoms with Crippen LogP contribution in [0.3, 0.4) is 0 Å². The first kappa shape index (κ1) is 15.2. The Hall–Kier alpha value is -2.22. The lowest BCUT2D eigenvalue weighted by Gasteiger charge is -2.10. The van der Waals surface area contributed by atoms with Crippen LogP contribution in [0.2, 0.25) is 5.15 Å². The zero-order chi connectivity index (χ0) is 15.6.